The van der Waals surface area contributed by atoms with E-state index in [1.54, 1.807) is 18.2 Å². The van der Waals surface area contributed by atoms with Gasteiger partial charge in [0.05, 0.1) is 35.1 Å². The van der Waals surface area contributed by atoms with Crippen LogP contribution in [0.25, 0.3) is 11.3 Å². The van der Waals surface area contributed by atoms with Crippen molar-refractivity contribution in [3.63, 3.8) is 0 Å². The molecular formula is C29H28N6O2. The molecule has 3 aromatic rings. The summed E-state index contributed by atoms with van der Waals surface area (Å²) in [5, 5.41) is 18.6. The lowest BCUT2D eigenvalue weighted by molar-refractivity contribution is -0.117. The van der Waals surface area contributed by atoms with Crippen molar-refractivity contribution < 1.29 is 9.59 Å². The van der Waals surface area contributed by atoms with E-state index in [4.69, 9.17) is 0 Å². The highest BCUT2D eigenvalue weighted by Crippen LogP contribution is 2.38. The average Bonchev–Trinajstić information content (AvgIpc) is 3.23. The number of piperazine rings is 1. The first kappa shape index (κ1) is 24.3. The number of likely N-dealkylation sites (N-methyl/N-ethyl adjacent to an activating group) is 1. The highest BCUT2D eigenvalue weighted by Gasteiger charge is 2.28. The van der Waals surface area contributed by atoms with Crippen LogP contribution in [0.4, 0.5) is 17.1 Å². The molecule has 0 atom stereocenters. The Labute approximate surface area is 216 Å². The Bertz CT molecular complexity index is 1400. The van der Waals surface area contributed by atoms with E-state index in [-0.39, 0.29) is 11.8 Å². The lowest BCUT2D eigenvalue weighted by atomic mass is 9.99. The minimum absolute atomic E-state index is 0.0549. The van der Waals surface area contributed by atoms with E-state index >= 15 is 0 Å². The first-order valence-corrected chi connectivity index (χ1v) is 12.2. The van der Waals surface area contributed by atoms with Gasteiger partial charge in [0.15, 0.2) is 0 Å². The van der Waals surface area contributed by atoms with Crippen LogP contribution in [0, 0.1) is 11.3 Å². The summed E-state index contributed by atoms with van der Waals surface area (Å²) in [4.78, 5) is 30.2. The van der Waals surface area contributed by atoms with Crippen LogP contribution in [0.15, 0.2) is 72.8 Å². The van der Waals surface area contributed by atoms with E-state index in [1.807, 2.05) is 54.6 Å². The Kier molecular flexibility index (Phi) is 6.99. The van der Waals surface area contributed by atoms with Crippen molar-refractivity contribution >= 4 is 40.1 Å². The molecule has 0 unspecified atom stereocenters. The van der Waals surface area contributed by atoms with E-state index in [1.165, 1.54) is 0 Å². The fourth-order valence-corrected chi connectivity index (χ4v) is 4.60. The summed E-state index contributed by atoms with van der Waals surface area (Å²) in [5.74, 6) is -0.297. The lowest BCUT2D eigenvalue weighted by Crippen LogP contribution is -2.47. The number of nitrogens with zero attached hydrogens (tertiary/aromatic N) is 3. The number of carbonyl (C=O) groups excluding carboxylic acids is 2. The topological polar surface area (TPSA) is 100 Å². The third kappa shape index (κ3) is 5.54. The predicted octanol–water partition coefficient (Wildman–Crippen LogP) is 3.68. The number of nitrogens with one attached hydrogen (secondary N) is 3. The van der Waals surface area contributed by atoms with E-state index in [0.717, 1.165) is 43.0 Å². The highest BCUT2D eigenvalue weighted by molar-refractivity contribution is 6.37. The second-order valence-corrected chi connectivity index (χ2v) is 9.28. The number of hydrogen-bond acceptors (Lipinski definition) is 6. The van der Waals surface area contributed by atoms with Crippen molar-refractivity contribution in [2.24, 2.45) is 0 Å². The van der Waals surface area contributed by atoms with Gasteiger partial charge < -0.3 is 20.9 Å². The van der Waals surface area contributed by atoms with Crippen LogP contribution in [-0.2, 0) is 9.59 Å². The molecule has 186 valence electrons. The van der Waals surface area contributed by atoms with Crippen molar-refractivity contribution in [2.45, 2.75) is 0 Å². The van der Waals surface area contributed by atoms with Crippen LogP contribution in [0.3, 0.4) is 0 Å². The Morgan fingerprint density at radius 1 is 0.946 bits per heavy atom. The Balaban J connectivity index is 1.41. The average molecular weight is 493 g/mol. The quantitative estimate of drug-likeness (QED) is 0.454. The van der Waals surface area contributed by atoms with Crippen LogP contribution in [0.5, 0.6) is 0 Å². The van der Waals surface area contributed by atoms with Gasteiger partial charge in [-0.05, 0) is 42.9 Å². The summed E-state index contributed by atoms with van der Waals surface area (Å²) in [7, 11) is 2.09. The molecule has 2 aliphatic rings. The molecule has 0 aromatic heterocycles. The fourth-order valence-electron chi connectivity index (χ4n) is 4.60. The van der Waals surface area contributed by atoms with E-state index in [2.05, 4.69) is 38.9 Å². The van der Waals surface area contributed by atoms with Crippen molar-refractivity contribution in [2.75, 3.05) is 55.7 Å². The SMILES string of the molecule is CN1CCN(CC(=O)Nc2cccc(NC(=C3C(=O)Nc4cc(C#N)ccc43)c3ccccc3)c2)CC1. The third-order valence-electron chi connectivity index (χ3n) is 6.58. The minimum Gasteiger partial charge on any atom is -0.354 e. The van der Waals surface area contributed by atoms with Crippen LogP contribution >= 0.6 is 0 Å². The Morgan fingerprint density at radius 3 is 2.41 bits per heavy atom. The zero-order valence-electron chi connectivity index (χ0n) is 20.6. The van der Waals surface area contributed by atoms with Crippen molar-refractivity contribution in [3.8, 4) is 6.07 Å². The molecule has 0 bridgehead atoms. The van der Waals surface area contributed by atoms with E-state index < -0.39 is 0 Å². The molecule has 5 rings (SSSR count). The number of nitriles is 1. The molecule has 0 spiro atoms. The first-order valence-electron chi connectivity index (χ1n) is 12.2. The number of hydrogen-bond donors (Lipinski definition) is 3. The van der Waals surface area contributed by atoms with Crippen LogP contribution < -0.4 is 16.0 Å². The largest absolute Gasteiger partial charge is 0.354 e. The first-order chi connectivity index (χ1) is 18.0. The summed E-state index contributed by atoms with van der Waals surface area (Å²) < 4.78 is 0. The van der Waals surface area contributed by atoms with Crippen molar-refractivity contribution in [3.05, 3.63) is 89.5 Å². The van der Waals surface area contributed by atoms with Gasteiger partial charge in [-0.2, -0.15) is 5.26 Å². The molecule has 2 heterocycles. The second kappa shape index (κ2) is 10.7. The monoisotopic (exact) mass is 492 g/mol. The Hall–Kier alpha value is -4.45. The van der Waals surface area contributed by atoms with Gasteiger partial charge in [0.1, 0.15) is 0 Å². The van der Waals surface area contributed by atoms with Crippen LogP contribution in [0.2, 0.25) is 0 Å². The van der Waals surface area contributed by atoms with E-state index in [0.29, 0.717) is 34.8 Å². The van der Waals surface area contributed by atoms with E-state index in [9.17, 15) is 14.9 Å². The number of anilines is 3. The molecule has 8 heteroatoms. The highest BCUT2D eigenvalue weighted by atomic mass is 16.2. The standard InChI is InChI=1S/C29H28N6O2/c1-34-12-14-35(15-13-34)19-26(36)31-22-8-5-9-23(17-22)32-28(21-6-3-2-4-7-21)27-24-11-10-20(18-30)16-25(24)33-29(27)37/h2-11,16-17,32H,12-15,19H2,1H3,(H,31,36)(H,33,37). The van der Waals surface area contributed by atoms with Crippen molar-refractivity contribution in [1.82, 2.24) is 9.80 Å². The predicted molar refractivity (Wildman–Crippen MR) is 146 cm³/mol. The van der Waals surface area contributed by atoms with Gasteiger partial charge in [0, 0.05) is 43.1 Å². The number of rotatable bonds is 6. The minimum atomic E-state index is -0.243. The number of fused-ring (bicyclic) bond motifs is 1. The summed E-state index contributed by atoms with van der Waals surface area (Å²) in [5.41, 5.74) is 5.21. The van der Waals surface area contributed by atoms with Gasteiger partial charge in [-0.3, -0.25) is 14.5 Å². The molecular weight excluding hydrogens is 464 g/mol. The molecule has 2 aliphatic heterocycles. The number of amides is 2. The summed E-state index contributed by atoms with van der Waals surface area (Å²) >= 11 is 0. The number of carbonyl (C=O) groups is 2. The molecule has 0 aliphatic carbocycles. The van der Waals surface area contributed by atoms with Gasteiger partial charge in [-0.1, -0.05) is 42.5 Å². The smallest absolute Gasteiger partial charge is 0.258 e. The summed E-state index contributed by atoms with van der Waals surface area (Å²) in [6, 6.07) is 24.4. The van der Waals surface area contributed by atoms with Gasteiger partial charge in [-0.25, -0.2) is 0 Å². The van der Waals surface area contributed by atoms with Crippen molar-refractivity contribution in [1.29, 1.82) is 5.26 Å². The third-order valence-corrected chi connectivity index (χ3v) is 6.58. The van der Waals surface area contributed by atoms with Crippen LogP contribution in [-0.4, -0.2) is 61.4 Å². The number of benzene rings is 3. The molecule has 0 saturated carbocycles. The summed E-state index contributed by atoms with van der Waals surface area (Å²) in [6.07, 6.45) is 0. The van der Waals surface area contributed by atoms with Gasteiger partial charge >= 0.3 is 0 Å². The molecule has 0 radical (unpaired) electrons. The maximum atomic E-state index is 13.1. The molecule has 3 N–H and O–H groups in total. The summed E-state index contributed by atoms with van der Waals surface area (Å²) in [6.45, 7) is 4.01. The second-order valence-electron chi connectivity index (χ2n) is 9.28. The fraction of sp³-hybridized carbons (Fsp3) is 0.207. The molecule has 3 aromatic carbocycles. The molecule has 1 saturated heterocycles. The molecule has 37 heavy (non-hydrogen) atoms. The van der Waals surface area contributed by atoms with Gasteiger partial charge in [0.25, 0.3) is 5.91 Å². The zero-order valence-corrected chi connectivity index (χ0v) is 20.6. The maximum absolute atomic E-state index is 13.1. The molecule has 8 nitrogen and oxygen atoms in total. The molecule has 1 fully saturated rings. The Morgan fingerprint density at radius 2 is 1.68 bits per heavy atom. The lowest BCUT2D eigenvalue weighted by Gasteiger charge is -2.31. The zero-order chi connectivity index (χ0) is 25.8. The molecule has 2 amide bonds. The van der Waals surface area contributed by atoms with Gasteiger partial charge in [0.2, 0.25) is 5.91 Å². The van der Waals surface area contributed by atoms with Crippen LogP contribution in [0.1, 0.15) is 16.7 Å². The normalized spacial score (nSPS) is 16.9. The maximum Gasteiger partial charge on any atom is 0.258 e. The van der Waals surface area contributed by atoms with Gasteiger partial charge in [-0.15, -0.1) is 0 Å².